The summed E-state index contributed by atoms with van der Waals surface area (Å²) in [5.41, 5.74) is 3.42. The number of hydrogen-bond acceptors (Lipinski definition) is 1. The van der Waals surface area contributed by atoms with Crippen molar-refractivity contribution in [3.8, 4) is 0 Å². The molecule has 0 amide bonds. The Balaban J connectivity index is 3.06. The Morgan fingerprint density at radius 3 is 2.00 bits per heavy atom. The average Bonchev–Trinajstić information content (AvgIpc) is 1.85. The first-order valence-electron chi connectivity index (χ1n) is 3.40. The summed E-state index contributed by atoms with van der Waals surface area (Å²) in [7, 11) is 4.07. The summed E-state index contributed by atoms with van der Waals surface area (Å²) < 4.78 is 0. The molecule has 1 nitrogen and oxygen atoms in total. The molecule has 1 N–H and O–H groups in total. The molecule has 1 aromatic carbocycles. The molecule has 0 atom stereocenters. The minimum atomic E-state index is 0.141. The molecule has 0 spiro atoms. The van der Waals surface area contributed by atoms with Crippen molar-refractivity contribution in [2.24, 2.45) is 0 Å². The van der Waals surface area contributed by atoms with Crippen molar-refractivity contribution in [1.29, 1.82) is 0 Å². The topological polar surface area (TPSA) is 20.2 Å². The normalized spacial score (nSPS) is 9.70. The predicted molar refractivity (Wildman–Crippen MR) is 48.7 cm³/mol. The van der Waals surface area contributed by atoms with Gasteiger partial charge in [-0.1, -0.05) is 29.1 Å². The highest BCUT2D eigenvalue weighted by atomic mass is 16.3. The molecule has 1 rings (SSSR count). The number of aliphatic hydroxyl groups is 1. The Morgan fingerprint density at radius 2 is 1.60 bits per heavy atom. The second kappa shape index (κ2) is 2.93. The largest absolute Gasteiger partial charge is 0.392 e. The van der Waals surface area contributed by atoms with E-state index in [9.17, 15) is 0 Å². The summed E-state index contributed by atoms with van der Waals surface area (Å²) in [5.74, 6) is 0. The second-order valence-corrected chi connectivity index (χ2v) is 2.65. The van der Waals surface area contributed by atoms with Crippen molar-refractivity contribution in [3.63, 3.8) is 0 Å². The molecule has 10 heavy (non-hydrogen) atoms. The Hall–Kier alpha value is -0.690. The van der Waals surface area contributed by atoms with Crippen molar-refractivity contribution in [1.82, 2.24) is 0 Å². The van der Waals surface area contributed by atoms with Crippen LogP contribution in [0.25, 0.3) is 0 Å². The van der Waals surface area contributed by atoms with Crippen molar-refractivity contribution < 1.29 is 5.11 Å². The van der Waals surface area contributed by atoms with E-state index in [1.165, 1.54) is 10.9 Å². The van der Waals surface area contributed by atoms with Gasteiger partial charge in [0.25, 0.3) is 0 Å². The maximum absolute atomic E-state index is 8.79. The summed E-state index contributed by atoms with van der Waals surface area (Å²) >= 11 is 0. The lowest BCUT2D eigenvalue weighted by molar-refractivity contribution is 0.282. The van der Waals surface area contributed by atoms with Crippen LogP contribution in [-0.4, -0.2) is 20.8 Å². The van der Waals surface area contributed by atoms with Crippen LogP contribution in [0, 0.1) is 0 Å². The molecule has 0 fully saturated rings. The first kappa shape index (κ1) is 7.42. The SMILES string of the molecule is Bc1cc(B)cc(CO)c1. The monoisotopic (exact) mass is 132 g/mol. The smallest absolute Gasteiger partial charge is 0.139 e. The molecule has 1 aromatic rings. The molecule has 0 bridgehead atoms. The average molecular weight is 132 g/mol. The third-order valence-corrected chi connectivity index (χ3v) is 1.46. The van der Waals surface area contributed by atoms with Gasteiger partial charge in [-0.2, -0.15) is 0 Å². The van der Waals surface area contributed by atoms with Crippen LogP contribution < -0.4 is 10.9 Å². The zero-order valence-corrected chi connectivity index (χ0v) is 6.39. The van der Waals surface area contributed by atoms with Gasteiger partial charge in [0.2, 0.25) is 0 Å². The summed E-state index contributed by atoms with van der Waals surface area (Å²) in [5, 5.41) is 8.79. The highest BCUT2D eigenvalue weighted by molar-refractivity contribution is 6.37. The highest BCUT2D eigenvalue weighted by Gasteiger charge is 1.91. The summed E-state index contributed by atoms with van der Waals surface area (Å²) in [6.07, 6.45) is 0. The van der Waals surface area contributed by atoms with Crippen molar-refractivity contribution in [2.45, 2.75) is 6.61 Å². The Morgan fingerprint density at radius 1 is 1.10 bits per heavy atom. The van der Waals surface area contributed by atoms with E-state index in [-0.39, 0.29) is 6.61 Å². The minimum absolute atomic E-state index is 0.141. The van der Waals surface area contributed by atoms with E-state index < -0.39 is 0 Å². The van der Waals surface area contributed by atoms with E-state index in [4.69, 9.17) is 5.11 Å². The van der Waals surface area contributed by atoms with Crippen LogP contribution in [0.5, 0.6) is 0 Å². The standard InChI is InChI=1S/C7H10B2O/c8-6-1-5(4-10)2-7(9)3-6/h1-3,10H,4,8-9H2. The molecule has 0 saturated heterocycles. The van der Waals surface area contributed by atoms with Gasteiger partial charge in [-0.15, -0.1) is 0 Å². The predicted octanol–water partition coefficient (Wildman–Crippen LogP) is -2.30. The van der Waals surface area contributed by atoms with E-state index in [0.29, 0.717) is 0 Å². The fourth-order valence-electron chi connectivity index (χ4n) is 1.16. The van der Waals surface area contributed by atoms with E-state index in [0.717, 1.165) is 5.56 Å². The number of rotatable bonds is 1. The molecule has 50 valence electrons. The van der Waals surface area contributed by atoms with Gasteiger partial charge < -0.3 is 5.11 Å². The fraction of sp³-hybridized carbons (Fsp3) is 0.143. The van der Waals surface area contributed by atoms with Crippen LogP contribution in [0.4, 0.5) is 0 Å². The number of benzene rings is 1. The molecule has 0 aliphatic carbocycles. The van der Waals surface area contributed by atoms with E-state index in [2.05, 4.69) is 6.07 Å². The Kier molecular flexibility index (Phi) is 2.17. The summed E-state index contributed by atoms with van der Waals surface area (Å²) in [4.78, 5) is 0. The van der Waals surface area contributed by atoms with Gasteiger partial charge in [0.1, 0.15) is 15.7 Å². The lowest BCUT2D eigenvalue weighted by atomic mass is 9.86. The summed E-state index contributed by atoms with van der Waals surface area (Å²) in [6.45, 7) is 0.141. The molecule has 0 heterocycles. The van der Waals surface area contributed by atoms with Gasteiger partial charge in [-0.3, -0.25) is 0 Å². The third-order valence-electron chi connectivity index (χ3n) is 1.46. The fourth-order valence-corrected chi connectivity index (χ4v) is 1.16. The number of hydrogen-bond donors (Lipinski definition) is 1. The number of aliphatic hydroxyl groups excluding tert-OH is 1. The van der Waals surface area contributed by atoms with Crippen LogP contribution in [0.3, 0.4) is 0 Å². The van der Waals surface area contributed by atoms with Crippen LogP contribution in [-0.2, 0) is 6.61 Å². The van der Waals surface area contributed by atoms with Gasteiger partial charge in [0, 0.05) is 0 Å². The Labute approximate surface area is 62.9 Å². The highest BCUT2D eigenvalue weighted by Crippen LogP contribution is 1.91. The van der Waals surface area contributed by atoms with Gasteiger partial charge in [-0.25, -0.2) is 0 Å². The minimum Gasteiger partial charge on any atom is -0.392 e. The first-order chi connectivity index (χ1) is 4.72. The Bertz CT molecular complexity index is 215. The molecule has 0 aliphatic heterocycles. The molecule has 3 heteroatoms. The maximum atomic E-state index is 8.79. The van der Waals surface area contributed by atoms with Gasteiger partial charge >= 0.3 is 0 Å². The van der Waals surface area contributed by atoms with Gasteiger partial charge in [0.05, 0.1) is 6.61 Å². The third kappa shape index (κ3) is 1.64. The van der Waals surface area contributed by atoms with Crippen LogP contribution in [0.2, 0.25) is 0 Å². The lowest BCUT2D eigenvalue weighted by Crippen LogP contribution is -2.14. The van der Waals surface area contributed by atoms with Crippen LogP contribution in [0.1, 0.15) is 5.56 Å². The molecule has 0 unspecified atom stereocenters. The lowest BCUT2D eigenvalue weighted by Gasteiger charge is -2.00. The quantitative estimate of drug-likeness (QED) is 0.425. The van der Waals surface area contributed by atoms with Crippen molar-refractivity contribution >= 4 is 26.6 Å². The van der Waals surface area contributed by atoms with Gasteiger partial charge in [0.15, 0.2) is 0 Å². The molecule has 0 aliphatic rings. The van der Waals surface area contributed by atoms with E-state index in [1.54, 1.807) is 0 Å². The first-order valence-corrected chi connectivity index (χ1v) is 3.40. The molecule has 0 aromatic heterocycles. The maximum Gasteiger partial charge on any atom is 0.139 e. The van der Waals surface area contributed by atoms with Crippen LogP contribution in [0.15, 0.2) is 18.2 Å². The second-order valence-electron chi connectivity index (χ2n) is 2.65. The van der Waals surface area contributed by atoms with E-state index in [1.807, 2.05) is 27.8 Å². The summed E-state index contributed by atoms with van der Waals surface area (Å²) in [6, 6.07) is 6.08. The van der Waals surface area contributed by atoms with Crippen molar-refractivity contribution in [3.05, 3.63) is 23.8 Å². The van der Waals surface area contributed by atoms with Gasteiger partial charge in [-0.05, 0) is 5.56 Å². The van der Waals surface area contributed by atoms with Crippen LogP contribution >= 0.6 is 0 Å². The van der Waals surface area contributed by atoms with E-state index >= 15 is 0 Å². The zero-order chi connectivity index (χ0) is 7.56. The molecule has 0 radical (unpaired) electrons. The molecular formula is C7H10B2O. The zero-order valence-electron chi connectivity index (χ0n) is 6.39. The molecular weight excluding hydrogens is 122 g/mol. The molecule has 0 saturated carbocycles. The van der Waals surface area contributed by atoms with Crippen molar-refractivity contribution in [2.75, 3.05) is 0 Å².